The van der Waals surface area contributed by atoms with Crippen LogP contribution in [0, 0.1) is 0 Å². The summed E-state index contributed by atoms with van der Waals surface area (Å²) in [7, 11) is 3.12. The maximum atomic E-state index is 12.0. The fraction of sp³-hybridized carbons (Fsp3) is 0.278. The van der Waals surface area contributed by atoms with Crippen molar-refractivity contribution in [3.63, 3.8) is 0 Å². The second-order valence-corrected chi connectivity index (χ2v) is 4.93. The van der Waals surface area contributed by atoms with Gasteiger partial charge in [0.15, 0.2) is 11.5 Å². The average molecular weight is 330 g/mol. The summed E-state index contributed by atoms with van der Waals surface area (Å²) in [5, 5.41) is 5.87. The van der Waals surface area contributed by atoms with Crippen LogP contribution in [0.1, 0.15) is 6.92 Å². The van der Waals surface area contributed by atoms with E-state index in [4.69, 9.17) is 14.2 Å². The van der Waals surface area contributed by atoms with E-state index in [1.807, 2.05) is 31.2 Å². The summed E-state index contributed by atoms with van der Waals surface area (Å²) in [6, 6.07) is 12.7. The average Bonchev–Trinajstić information content (AvgIpc) is 2.61. The van der Waals surface area contributed by atoms with Crippen LogP contribution in [0.3, 0.4) is 0 Å². The third kappa shape index (κ3) is 4.81. The summed E-state index contributed by atoms with van der Waals surface area (Å²) in [5.74, 6) is 1.83. The molecule has 0 aliphatic heterocycles. The molecule has 0 spiro atoms. The molecule has 0 saturated carbocycles. The summed E-state index contributed by atoms with van der Waals surface area (Å²) in [6.07, 6.45) is 0. The standard InChI is InChI=1S/C18H22N2O4/c1-4-24-15-8-5-13(6-9-15)19-12-18(21)20-14-7-10-16(22-2)17(11-14)23-3/h5-11,19H,4,12H2,1-3H3,(H,20,21). The van der Waals surface area contributed by atoms with Crippen LogP contribution in [0.25, 0.3) is 0 Å². The molecule has 6 heteroatoms. The first-order valence-electron chi connectivity index (χ1n) is 7.65. The van der Waals surface area contributed by atoms with Crippen molar-refractivity contribution in [2.24, 2.45) is 0 Å². The van der Waals surface area contributed by atoms with Crippen molar-refractivity contribution >= 4 is 17.3 Å². The van der Waals surface area contributed by atoms with Crippen LogP contribution in [0.4, 0.5) is 11.4 Å². The van der Waals surface area contributed by atoms with E-state index in [0.717, 1.165) is 11.4 Å². The molecule has 0 unspecified atom stereocenters. The molecule has 0 bridgehead atoms. The van der Waals surface area contributed by atoms with Crippen LogP contribution < -0.4 is 24.8 Å². The Bertz CT molecular complexity index is 671. The fourth-order valence-electron chi connectivity index (χ4n) is 2.14. The Kier molecular flexibility index (Phi) is 6.31. The summed E-state index contributed by atoms with van der Waals surface area (Å²) in [6.45, 7) is 2.72. The Morgan fingerprint density at radius 2 is 1.62 bits per heavy atom. The molecule has 0 atom stereocenters. The maximum absolute atomic E-state index is 12.0. The molecule has 1 amide bonds. The molecule has 0 aliphatic rings. The molecule has 2 N–H and O–H groups in total. The number of hydrogen-bond acceptors (Lipinski definition) is 5. The predicted molar refractivity (Wildman–Crippen MR) is 94.3 cm³/mol. The van der Waals surface area contributed by atoms with E-state index < -0.39 is 0 Å². The third-order valence-electron chi connectivity index (χ3n) is 3.29. The number of carbonyl (C=O) groups excluding carboxylic acids is 1. The lowest BCUT2D eigenvalue weighted by molar-refractivity contribution is -0.114. The van der Waals surface area contributed by atoms with E-state index in [-0.39, 0.29) is 12.5 Å². The van der Waals surface area contributed by atoms with Gasteiger partial charge in [0.05, 0.1) is 27.4 Å². The van der Waals surface area contributed by atoms with E-state index in [2.05, 4.69) is 10.6 Å². The Balaban J connectivity index is 1.89. The van der Waals surface area contributed by atoms with Gasteiger partial charge in [-0.15, -0.1) is 0 Å². The van der Waals surface area contributed by atoms with E-state index >= 15 is 0 Å². The van der Waals surface area contributed by atoms with Gasteiger partial charge in [0, 0.05) is 17.4 Å². The second kappa shape index (κ2) is 8.67. The Hall–Kier alpha value is -2.89. The van der Waals surface area contributed by atoms with Gasteiger partial charge in [-0.25, -0.2) is 0 Å². The third-order valence-corrected chi connectivity index (χ3v) is 3.29. The molecule has 0 fully saturated rings. The SMILES string of the molecule is CCOc1ccc(NCC(=O)Nc2ccc(OC)c(OC)c2)cc1. The second-order valence-electron chi connectivity index (χ2n) is 4.93. The molecule has 0 aromatic heterocycles. The quantitative estimate of drug-likeness (QED) is 0.778. The highest BCUT2D eigenvalue weighted by Gasteiger charge is 2.07. The van der Waals surface area contributed by atoms with Crippen LogP contribution in [0.2, 0.25) is 0 Å². The van der Waals surface area contributed by atoms with Crippen molar-refractivity contribution in [2.45, 2.75) is 6.92 Å². The number of methoxy groups -OCH3 is 2. The van der Waals surface area contributed by atoms with Gasteiger partial charge in [0.1, 0.15) is 5.75 Å². The van der Waals surface area contributed by atoms with Gasteiger partial charge in [-0.2, -0.15) is 0 Å². The van der Waals surface area contributed by atoms with Crippen molar-refractivity contribution in [2.75, 3.05) is 38.0 Å². The summed E-state index contributed by atoms with van der Waals surface area (Å²) in [5.41, 5.74) is 1.49. The zero-order chi connectivity index (χ0) is 17.4. The van der Waals surface area contributed by atoms with Gasteiger partial charge in [0.2, 0.25) is 5.91 Å². The molecule has 6 nitrogen and oxygen atoms in total. The van der Waals surface area contributed by atoms with E-state index in [0.29, 0.717) is 23.8 Å². The van der Waals surface area contributed by atoms with Gasteiger partial charge in [-0.05, 0) is 43.3 Å². The zero-order valence-electron chi connectivity index (χ0n) is 14.1. The minimum Gasteiger partial charge on any atom is -0.494 e. The minimum absolute atomic E-state index is 0.155. The molecule has 0 aliphatic carbocycles. The molecule has 0 saturated heterocycles. The number of benzene rings is 2. The highest BCUT2D eigenvalue weighted by Crippen LogP contribution is 2.29. The number of rotatable bonds is 8. The number of ether oxygens (including phenoxy) is 3. The molecule has 2 rings (SSSR count). The first-order valence-corrected chi connectivity index (χ1v) is 7.65. The van der Waals surface area contributed by atoms with E-state index in [9.17, 15) is 4.79 Å². The number of hydrogen-bond donors (Lipinski definition) is 2. The largest absolute Gasteiger partial charge is 0.494 e. The minimum atomic E-state index is -0.156. The van der Waals surface area contributed by atoms with Crippen LogP contribution in [-0.2, 0) is 4.79 Å². The van der Waals surface area contributed by atoms with Crippen LogP contribution in [0.15, 0.2) is 42.5 Å². The lowest BCUT2D eigenvalue weighted by atomic mass is 10.2. The van der Waals surface area contributed by atoms with Crippen LogP contribution in [0.5, 0.6) is 17.2 Å². The topological polar surface area (TPSA) is 68.8 Å². The Labute approximate surface area is 141 Å². The maximum Gasteiger partial charge on any atom is 0.243 e. The number of nitrogens with one attached hydrogen (secondary N) is 2. The fourth-order valence-corrected chi connectivity index (χ4v) is 2.14. The normalized spacial score (nSPS) is 9.96. The van der Waals surface area contributed by atoms with Gasteiger partial charge < -0.3 is 24.8 Å². The monoisotopic (exact) mass is 330 g/mol. The highest BCUT2D eigenvalue weighted by atomic mass is 16.5. The molecule has 128 valence electrons. The lowest BCUT2D eigenvalue weighted by Crippen LogP contribution is -2.21. The smallest absolute Gasteiger partial charge is 0.243 e. The van der Waals surface area contributed by atoms with Crippen molar-refractivity contribution in [3.8, 4) is 17.2 Å². The van der Waals surface area contributed by atoms with E-state index in [1.54, 1.807) is 32.4 Å². The first-order chi connectivity index (χ1) is 11.7. The van der Waals surface area contributed by atoms with Crippen LogP contribution >= 0.6 is 0 Å². The first kappa shape index (κ1) is 17.5. The predicted octanol–water partition coefficient (Wildman–Crippen LogP) is 3.15. The lowest BCUT2D eigenvalue weighted by Gasteiger charge is -2.11. The molecule has 0 heterocycles. The van der Waals surface area contributed by atoms with Crippen molar-refractivity contribution < 1.29 is 19.0 Å². The Morgan fingerprint density at radius 3 is 2.25 bits per heavy atom. The zero-order valence-corrected chi connectivity index (χ0v) is 14.1. The van der Waals surface area contributed by atoms with Crippen LogP contribution in [-0.4, -0.2) is 33.3 Å². The molecule has 24 heavy (non-hydrogen) atoms. The molecular weight excluding hydrogens is 308 g/mol. The van der Waals surface area contributed by atoms with Gasteiger partial charge in [0.25, 0.3) is 0 Å². The Morgan fingerprint density at radius 1 is 0.958 bits per heavy atom. The molecule has 2 aromatic carbocycles. The summed E-state index contributed by atoms with van der Waals surface area (Å²) >= 11 is 0. The van der Waals surface area contributed by atoms with Crippen molar-refractivity contribution in [1.82, 2.24) is 0 Å². The highest BCUT2D eigenvalue weighted by molar-refractivity contribution is 5.94. The number of anilines is 2. The van der Waals surface area contributed by atoms with Gasteiger partial charge in [-0.3, -0.25) is 4.79 Å². The van der Waals surface area contributed by atoms with Crippen molar-refractivity contribution in [1.29, 1.82) is 0 Å². The summed E-state index contributed by atoms with van der Waals surface area (Å²) in [4.78, 5) is 12.0. The van der Waals surface area contributed by atoms with Gasteiger partial charge >= 0.3 is 0 Å². The molecule has 2 aromatic rings. The van der Waals surface area contributed by atoms with E-state index in [1.165, 1.54) is 0 Å². The van der Waals surface area contributed by atoms with Gasteiger partial charge in [-0.1, -0.05) is 0 Å². The number of carbonyl (C=O) groups is 1. The number of amides is 1. The molecular formula is C18H22N2O4. The summed E-state index contributed by atoms with van der Waals surface area (Å²) < 4.78 is 15.8. The molecule has 0 radical (unpaired) electrons. The van der Waals surface area contributed by atoms with Crippen molar-refractivity contribution in [3.05, 3.63) is 42.5 Å².